The molecule has 1 aliphatic rings. The van der Waals surface area contributed by atoms with E-state index in [1.807, 2.05) is 4.68 Å². The topological polar surface area (TPSA) is 49.2 Å². The van der Waals surface area contributed by atoms with Crippen LogP contribution in [0.5, 0.6) is 0 Å². The number of hydrogen-bond donors (Lipinski definition) is 0. The number of nitrogens with zero attached hydrogens (tertiary/aromatic N) is 3. The first-order valence-corrected chi connectivity index (χ1v) is 6.99. The van der Waals surface area contributed by atoms with Gasteiger partial charge in [0.15, 0.2) is 12.1 Å². The molecule has 1 aromatic rings. The van der Waals surface area contributed by atoms with E-state index in [2.05, 4.69) is 23.9 Å². The summed E-state index contributed by atoms with van der Waals surface area (Å²) in [6, 6.07) is 0. The second-order valence-corrected chi connectivity index (χ2v) is 4.54. The number of aryl methyl sites for hydroxylation is 2. The first-order valence-electron chi connectivity index (χ1n) is 6.99. The van der Waals surface area contributed by atoms with Crippen LogP contribution in [0.1, 0.15) is 44.8 Å². The number of ether oxygens (including phenoxy) is 2. The first-order chi connectivity index (χ1) is 8.83. The molecule has 0 bridgehead atoms. The molecule has 1 fully saturated rings. The molecular weight excluding hydrogens is 230 g/mol. The molecular formula is C13H23N3O2. The van der Waals surface area contributed by atoms with Crippen LogP contribution in [0.15, 0.2) is 0 Å². The predicted molar refractivity (Wildman–Crippen MR) is 68.3 cm³/mol. The van der Waals surface area contributed by atoms with E-state index in [0.29, 0.717) is 6.61 Å². The molecule has 0 aromatic carbocycles. The van der Waals surface area contributed by atoms with Gasteiger partial charge in [-0.05, 0) is 19.3 Å². The lowest BCUT2D eigenvalue weighted by Gasteiger charge is -2.22. The maximum atomic E-state index is 5.72. The molecule has 0 spiro atoms. The van der Waals surface area contributed by atoms with E-state index in [9.17, 15) is 0 Å². The molecule has 18 heavy (non-hydrogen) atoms. The van der Waals surface area contributed by atoms with Crippen LogP contribution in [0.3, 0.4) is 0 Å². The predicted octanol–water partition coefficient (Wildman–Crippen LogP) is 1.95. The summed E-state index contributed by atoms with van der Waals surface area (Å²) in [7, 11) is 0. The molecule has 2 rings (SSSR count). The molecule has 0 N–H and O–H groups in total. The number of hydrogen-bond acceptors (Lipinski definition) is 4. The Labute approximate surface area is 108 Å². The van der Waals surface area contributed by atoms with E-state index in [1.165, 1.54) is 6.42 Å². The van der Waals surface area contributed by atoms with Crippen LogP contribution < -0.4 is 0 Å². The van der Waals surface area contributed by atoms with E-state index in [-0.39, 0.29) is 6.29 Å². The minimum Gasteiger partial charge on any atom is -0.353 e. The molecule has 0 amide bonds. The molecule has 0 unspecified atom stereocenters. The monoisotopic (exact) mass is 253 g/mol. The summed E-state index contributed by atoms with van der Waals surface area (Å²) >= 11 is 0. The number of aromatic nitrogens is 3. The highest BCUT2D eigenvalue weighted by Gasteiger charge is 2.14. The maximum Gasteiger partial charge on any atom is 0.157 e. The molecule has 1 aromatic heterocycles. The molecule has 0 aliphatic carbocycles. The number of rotatable bonds is 6. The highest BCUT2D eigenvalue weighted by atomic mass is 16.7. The Morgan fingerprint density at radius 3 is 2.89 bits per heavy atom. The van der Waals surface area contributed by atoms with Gasteiger partial charge in [-0.1, -0.05) is 13.8 Å². The molecule has 0 radical (unpaired) electrons. The van der Waals surface area contributed by atoms with Crippen LogP contribution in [0.2, 0.25) is 0 Å². The van der Waals surface area contributed by atoms with Gasteiger partial charge in [0.25, 0.3) is 0 Å². The molecule has 0 saturated carbocycles. The summed E-state index contributed by atoms with van der Waals surface area (Å²) in [6.45, 7) is 6.41. The fourth-order valence-electron chi connectivity index (χ4n) is 2.13. The zero-order valence-corrected chi connectivity index (χ0v) is 11.4. The average Bonchev–Trinajstić information content (AvgIpc) is 2.82. The molecule has 1 aliphatic heterocycles. The summed E-state index contributed by atoms with van der Waals surface area (Å²) in [5, 5.41) is 4.47. The van der Waals surface area contributed by atoms with Crippen LogP contribution in [-0.4, -0.2) is 34.3 Å². The van der Waals surface area contributed by atoms with Crippen molar-refractivity contribution in [1.29, 1.82) is 0 Å². The van der Waals surface area contributed by atoms with Crippen molar-refractivity contribution in [2.24, 2.45) is 0 Å². The molecule has 5 heteroatoms. The van der Waals surface area contributed by atoms with Crippen molar-refractivity contribution in [3.63, 3.8) is 0 Å². The zero-order chi connectivity index (χ0) is 12.8. The quantitative estimate of drug-likeness (QED) is 0.777. The van der Waals surface area contributed by atoms with E-state index >= 15 is 0 Å². The van der Waals surface area contributed by atoms with Crippen molar-refractivity contribution in [2.75, 3.05) is 13.2 Å². The fourth-order valence-corrected chi connectivity index (χ4v) is 2.13. The third-order valence-corrected chi connectivity index (χ3v) is 3.17. The molecule has 102 valence electrons. The fraction of sp³-hybridized carbons (Fsp3) is 0.846. The Morgan fingerprint density at radius 2 is 2.22 bits per heavy atom. The zero-order valence-electron chi connectivity index (χ0n) is 11.4. The average molecular weight is 253 g/mol. The maximum absolute atomic E-state index is 5.72. The van der Waals surface area contributed by atoms with Crippen molar-refractivity contribution in [3.8, 4) is 0 Å². The van der Waals surface area contributed by atoms with E-state index < -0.39 is 0 Å². The molecule has 5 nitrogen and oxygen atoms in total. The lowest BCUT2D eigenvalue weighted by Crippen LogP contribution is -2.24. The largest absolute Gasteiger partial charge is 0.353 e. The Balaban J connectivity index is 1.79. The third kappa shape index (κ3) is 3.53. The molecule has 1 atom stereocenters. The lowest BCUT2D eigenvalue weighted by molar-refractivity contribution is -0.163. The third-order valence-electron chi connectivity index (χ3n) is 3.17. The van der Waals surface area contributed by atoms with Gasteiger partial charge in [0.05, 0.1) is 13.2 Å². The van der Waals surface area contributed by atoms with Crippen molar-refractivity contribution in [3.05, 3.63) is 11.6 Å². The highest BCUT2D eigenvalue weighted by molar-refractivity contribution is 4.92. The van der Waals surface area contributed by atoms with Crippen LogP contribution >= 0.6 is 0 Å². The minimum absolute atomic E-state index is 0.0157. The van der Waals surface area contributed by atoms with Gasteiger partial charge in [-0.15, -0.1) is 0 Å². The Morgan fingerprint density at radius 1 is 1.33 bits per heavy atom. The summed E-state index contributed by atoms with van der Waals surface area (Å²) in [6.07, 6.45) is 5.15. The highest BCUT2D eigenvalue weighted by Crippen LogP contribution is 2.13. The van der Waals surface area contributed by atoms with Crippen LogP contribution in [-0.2, 0) is 28.9 Å². The van der Waals surface area contributed by atoms with Gasteiger partial charge in [-0.25, -0.2) is 9.67 Å². The lowest BCUT2D eigenvalue weighted by atomic mass is 10.2. The minimum atomic E-state index is -0.0157. The summed E-state index contributed by atoms with van der Waals surface area (Å²) in [5.41, 5.74) is 0. The molecule has 1 saturated heterocycles. The van der Waals surface area contributed by atoms with Crippen molar-refractivity contribution >= 4 is 0 Å². The Bertz CT molecular complexity index is 359. The second kappa shape index (κ2) is 6.85. The van der Waals surface area contributed by atoms with Crippen LogP contribution in [0.4, 0.5) is 0 Å². The standard InChI is InChI=1S/C13H23N3O2/c1-3-11-14-12(4-2)16(15-11)8-10-18-13-7-5-6-9-17-13/h13H,3-10H2,1-2H3/t13-/m1/s1. The Kier molecular flexibility index (Phi) is 5.13. The Hall–Kier alpha value is -0.940. The van der Waals surface area contributed by atoms with Crippen molar-refractivity contribution in [1.82, 2.24) is 14.8 Å². The summed E-state index contributed by atoms with van der Waals surface area (Å²) < 4.78 is 13.2. The van der Waals surface area contributed by atoms with Gasteiger partial charge in [0, 0.05) is 19.4 Å². The van der Waals surface area contributed by atoms with Gasteiger partial charge < -0.3 is 9.47 Å². The smallest absolute Gasteiger partial charge is 0.157 e. The normalized spacial score (nSPS) is 20.2. The first kappa shape index (κ1) is 13.5. The van der Waals surface area contributed by atoms with E-state index in [4.69, 9.17) is 9.47 Å². The van der Waals surface area contributed by atoms with Gasteiger partial charge >= 0.3 is 0 Å². The molecule has 2 heterocycles. The van der Waals surface area contributed by atoms with Crippen molar-refractivity contribution in [2.45, 2.75) is 58.8 Å². The van der Waals surface area contributed by atoms with Gasteiger partial charge in [0.2, 0.25) is 0 Å². The SMILES string of the molecule is CCc1nc(CC)n(CCO[C@@H]2CCCCO2)n1. The van der Waals surface area contributed by atoms with E-state index in [1.54, 1.807) is 0 Å². The van der Waals surface area contributed by atoms with Gasteiger partial charge in [0.1, 0.15) is 5.82 Å². The van der Waals surface area contributed by atoms with Crippen LogP contribution in [0, 0.1) is 0 Å². The van der Waals surface area contributed by atoms with Crippen LogP contribution in [0.25, 0.3) is 0 Å². The van der Waals surface area contributed by atoms with E-state index in [0.717, 1.165) is 50.5 Å². The summed E-state index contributed by atoms with van der Waals surface area (Å²) in [5.74, 6) is 1.96. The van der Waals surface area contributed by atoms with Crippen molar-refractivity contribution < 1.29 is 9.47 Å². The van der Waals surface area contributed by atoms with Gasteiger partial charge in [-0.3, -0.25) is 0 Å². The summed E-state index contributed by atoms with van der Waals surface area (Å²) in [4.78, 5) is 4.48. The van der Waals surface area contributed by atoms with Gasteiger partial charge in [-0.2, -0.15) is 5.10 Å². The second-order valence-electron chi connectivity index (χ2n) is 4.54.